The molecule has 1 aliphatic heterocycles. The SMILES string of the molecule is CCC[C@@H]1OCCCc2c(-c3cnco3)cccc21. The Bertz CT molecular complexity index is 534. The molecule has 2 heterocycles. The summed E-state index contributed by atoms with van der Waals surface area (Å²) in [6, 6.07) is 6.41. The standard InChI is InChI=1S/C16H19NO2/c1-2-5-15-13-6-3-7-14(16-10-17-11-19-16)12(13)8-4-9-18-15/h3,6-7,10-11,15H,2,4-5,8-9H2,1H3/t15-/m0/s1. The molecule has 19 heavy (non-hydrogen) atoms. The Morgan fingerprint density at radius 2 is 2.32 bits per heavy atom. The summed E-state index contributed by atoms with van der Waals surface area (Å²) >= 11 is 0. The number of aromatic nitrogens is 1. The van der Waals surface area contributed by atoms with Crippen molar-refractivity contribution in [2.24, 2.45) is 0 Å². The van der Waals surface area contributed by atoms with Crippen molar-refractivity contribution in [1.82, 2.24) is 4.98 Å². The number of nitrogens with zero attached hydrogens (tertiary/aromatic N) is 1. The van der Waals surface area contributed by atoms with Gasteiger partial charge in [-0.05, 0) is 30.4 Å². The molecule has 1 atom stereocenters. The van der Waals surface area contributed by atoms with Crippen molar-refractivity contribution in [1.29, 1.82) is 0 Å². The molecule has 0 N–H and O–H groups in total. The summed E-state index contributed by atoms with van der Waals surface area (Å²) in [6.45, 7) is 3.05. The Labute approximate surface area is 113 Å². The predicted molar refractivity (Wildman–Crippen MR) is 73.9 cm³/mol. The van der Waals surface area contributed by atoms with Crippen LogP contribution in [0.5, 0.6) is 0 Å². The van der Waals surface area contributed by atoms with E-state index in [4.69, 9.17) is 9.15 Å². The number of benzene rings is 1. The van der Waals surface area contributed by atoms with Crippen LogP contribution < -0.4 is 0 Å². The highest BCUT2D eigenvalue weighted by Crippen LogP contribution is 2.35. The fourth-order valence-electron chi connectivity index (χ4n) is 2.83. The first-order chi connectivity index (χ1) is 9.40. The zero-order valence-electron chi connectivity index (χ0n) is 11.3. The van der Waals surface area contributed by atoms with Crippen LogP contribution in [0.4, 0.5) is 0 Å². The van der Waals surface area contributed by atoms with E-state index in [9.17, 15) is 0 Å². The van der Waals surface area contributed by atoms with Gasteiger partial charge in [0.05, 0.1) is 12.3 Å². The number of fused-ring (bicyclic) bond motifs is 1. The minimum Gasteiger partial charge on any atom is -0.444 e. The number of rotatable bonds is 3. The molecule has 0 saturated carbocycles. The molecule has 3 heteroatoms. The summed E-state index contributed by atoms with van der Waals surface area (Å²) < 4.78 is 11.5. The largest absolute Gasteiger partial charge is 0.444 e. The lowest BCUT2D eigenvalue weighted by atomic mass is 9.92. The van der Waals surface area contributed by atoms with Crippen LogP contribution in [0.25, 0.3) is 11.3 Å². The second-order valence-corrected chi connectivity index (χ2v) is 4.99. The molecule has 0 radical (unpaired) electrons. The lowest BCUT2D eigenvalue weighted by Gasteiger charge is -2.18. The van der Waals surface area contributed by atoms with Gasteiger partial charge in [0.15, 0.2) is 12.2 Å². The molecule has 100 valence electrons. The molecule has 2 aromatic rings. The molecule has 0 unspecified atom stereocenters. The summed E-state index contributed by atoms with van der Waals surface area (Å²) in [5, 5.41) is 0. The van der Waals surface area contributed by atoms with Gasteiger partial charge in [0, 0.05) is 12.2 Å². The molecule has 0 amide bonds. The van der Waals surface area contributed by atoms with Crippen LogP contribution in [0.1, 0.15) is 43.4 Å². The van der Waals surface area contributed by atoms with E-state index >= 15 is 0 Å². The van der Waals surface area contributed by atoms with Crippen molar-refractivity contribution in [3.05, 3.63) is 41.9 Å². The third kappa shape index (κ3) is 2.43. The highest BCUT2D eigenvalue weighted by molar-refractivity contribution is 5.63. The number of oxazole rings is 1. The van der Waals surface area contributed by atoms with Crippen molar-refractivity contribution >= 4 is 0 Å². The summed E-state index contributed by atoms with van der Waals surface area (Å²) in [5.41, 5.74) is 3.87. The summed E-state index contributed by atoms with van der Waals surface area (Å²) in [6.07, 6.45) is 7.83. The first-order valence-electron chi connectivity index (χ1n) is 7.02. The van der Waals surface area contributed by atoms with Crippen molar-refractivity contribution in [2.75, 3.05) is 6.61 Å². The normalized spacial score (nSPS) is 18.9. The fourth-order valence-corrected chi connectivity index (χ4v) is 2.83. The Kier molecular flexibility index (Phi) is 3.65. The molecule has 0 saturated heterocycles. The van der Waals surface area contributed by atoms with Gasteiger partial charge >= 0.3 is 0 Å². The monoisotopic (exact) mass is 257 g/mol. The van der Waals surface area contributed by atoms with Crippen LogP contribution in [0.3, 0.4) is 0 Å². The summed E-state index contributed by atoms with van der Waals surface area (Å²) in [4.78, 5) is 4.03. The van der Waals surface area contributed by atoms with Gasteiger partial charge in [-0.2, -0.15) is 0 Å². The number of ether oxygens (including phenoxy) is 1. The molecule has 0 bridgehead atoms. The highest BCUT2D eigenvalue weighted by atomic mass is 16.5. The van der Waals surface area contributed by atoms with E-state index in [1.807, 2.05) is 0 Å². The fraction of sp³-hybridized carbons (Fsp3) is 0.438. The maximum Gasteiger partial charge on any atom is 0.181 e. The Balaban J connectivity index is 2.07. The second kappa shape index (κ2) is 5.57. The van der Waals surface area contributed by atoms with Gasteiger partial charge in [0.1, 0.15) is 0 Å². The zero-order chi connectivity index (χ0) is 13.1. The topological polar surface area (TPSA) is 35.3 Å². The Morgan fingerprint density at radius 1 is 1.37 bits per heavy atom. The molecule has 0 fully saturated rings. The smallest absolute Gasteiger partial charge is 0.181 e. The van der Waals surface area contributed by atoms with Gasteiger partial charge in [-0.15, -0.1) is 0 Å². The van der Waals surface area contributed by atoms with E-state index < -0.39 is 0 Å². The van der Waals surface area contributed by atoms with E-state index in [1.165, 1.54) is 23.1 Å². The van der Waals surface area contributed by atoms with Crippen molar-refractivity contribution in [2.45, 2.75) is 38.7 Å². The van der Waals surface area contributed by atoms with E-state index in [2.05, 4.69) is 30.1 Å². The van der Waals surface area contributed by atoms with Crippen LogP contribution in [-0.4, -0.2) is 11.6 Å². The first-order valence-corrected chi connectivity index (χ1v) is 7.02. The summed E-state index contributed by atoms with van der Waals surface area (Å²) in [5.74, 6) is 0.856. The molecule has 3 rings (SSSR count). The van der Waals surface area contributed by atoms with E-state index in [0.29, 0.717) is 0 Å². The van der Waals surface area contributed by atoms with Crippen LogP contribution >= 0.6 is 0 Å². The lowest BCUT2D eigenvalue weighted by Crippen LogP contribution is -2.04. The van der Waals surface area contributed by atoms with Gasteiger partial charge < -0.3 is 9.15 Å². The molecular formula is C16H19NO2. The maximum atomic E-state index is 6.00. The second-order valence-electron chi connectivity index (χ2n) is 4.99. The zero-order valence-corrected chi connectivity index (χ0v) is 11.3. The van der Waals surface area contributed by atoms with Gasteiger partial charge in [-0.1, -0.05) is 31.5 Å². The molecule has 0 aliphatic carbocycles. The van der Waals surface area contributed by atoms with Crippen molar-refractivity contribution in [3.63, 3.8) is 0 Å². The molecule has 1 aromatic carbocycles. The van der Waals surface area contributed by atoms with Gasteiger partial charge in [-0.3, -0.25) is 0 Å². The van der Waals surface area contributed by atoms with Gasteiger partial charge in [-0.25, -0.2) is 4.98 Å². The summed E-state index contributed by atoms with van der Waals surface area (Å²) in [7, 11) is 0. The third-order valence-electron chi connectivity index (χ3n) is 3.70. The van der Waals surface area contributed by atoms with E-state index in [-0.39, 0.29) is 6.10 Å². The number of hydrogen-bond donors (Lipinski definition) is 0. The van der Waals surface area contributed by atoms with Crippen LogP contribution in [0.15, 0.2) is 35.2 Å². The molecular weight excluding hydrogens is 238 g/mol. The molecule has 1 aliphatic rings. The van der Waals surface area contributed by atoms with Crippen LogP contribution in [0.2, 0.25) is 0 Å². The lowest BCUT2D eigenvalue weighted by molar-refractivity contribution is 0.0501. The third-order valence-corrected chi connectivity index (χ3v) is 3.70. The quantitative estimate of drug-likeness (QED) is 0.828. The van der Waals surface area contributed by atoms with Crippen LogP contribution in [0, 0.1) is 0 Å². The van der Waals surface area contributed by atoms with E-state index in [1.54, 1.807) is 6.20 Å². The highest BCUT2D eigenvalue weighted by Gasteiger charge is 2.21. The Hall–Kier alpha value is -1.61. The Morgan fingerprint density at radius 3 is 3.11 bits per heavy atom. The van der Waals surface area contributed by atoms with Crippen molar-refractivity contribution in [3.8, 4) is 11.3 Å². The molecule has 0 spiro atoms. The number of hydrogen-bond acceptors (Lipinski definition) is 3. The first kappa shape index (κ1) is 12.4. The molecule has 1 aromatic heterocycles. The van der Waals surface area contributed by atoms with Crippen molar-refractivity contribution < 1.29 is 9.15 Å². The van der Waals surface area contributed by atoms with E-state index in [0.717, 1.165) is 38.1 Å². The minimum absolute atomic E-state index is 0.227. The maximum absolute atomic E-state index is 6.00. The van der Waals surface area contributed by atoms with Gasteiger partial charge in [0.25, 0.3) is 0 Å². The van der Waals surface area contributed by atoms with Gasteiger partial charge in [0.2, 0.25) is 0 Å². The van der Waals surface area contributed by atoms with Crippen LogP contribution in [-0.2, 0) is 11.2 Å². The predicted octanol–water partition coefficient (Wildman–Crippen LogP) is 4.15. The molecule has 3 nitrogen and oxygen atoms in total. The minimum atomic E-state index is 0.227. The average Bonchev–Trinajstić information content (AvgIpc) is 2.89. The average molecular weight is 257 g/mol.